The fraction of sp³-hybridized carbons (Fsp3) is 0.0148. The first-order chi connectivity index (χ1) is 72.8. The van der Waals surface area contributed by atoms with E-state index in [4.69, 9.17) is 15.0 Å². The highest BCUT2D eigenvalue weighted by molar-refractivity contribution is 7.86. The third-order valence-electron chi connectivity index (χ3n) is 27.5. The van der Waals surface area contributed by atoms with Crippen molar-refractivity contribution in [1.29, 1.82) is 0 Å². The molecule has 0 aliphatic rings. The van der Waals surface area contributed by atoms with Crippen LogP contribution < -0.4 is 64.0 Å². The quantitative estimate of drug-likeness (QED) is 0.0441. The average Bonchev–Trinajstić information content (AvgIpc) is 0.727. The Bertz CT molecular complexity index is 9110. The van der Waals surface area contributed by atoms with E-state index in [-0.39, 0.29) is 0 Å². The van der Waals surface area contributed by atoms with Gasteiger partial charge in [0.05, 0.1) is 11.0 Å². The lowest BCUT2D eigenvalue weighted by Gasteiger charge is -2.24. The van der Waals surface area contributed by atoms with Crippen LogP contribution in [0.3, 0.4) is 0 Å². The first kappa shape index (κ1) is 95.5. The fourth-order valence-electron chi connectivity index (χ4n) is 20.3. The van der Waals surface area contributed by atoms with E-state index in [9.17, 15) is 13.7 Å². The predicted molar refractivity (Wildman–Crippen MR) is 625 cm³/mol. The minimum atomic E-state index is -3.51. The third-order valence-corrected chi connectivity index (χ3v) is 39.6. The van der Waals surface area contributed by atoms with Crippen LogP contribution in [0.25, 0.3) is 143 Å². The van der Waals surface area contributed by atoms with Crippen molar-refractivity contribution in [3.05, 3.63) is 576 Å². The monoisotopic (exact) mass is 1980 g/mol. The summed E-state index contributed by atoms with van der Waals surface area (Å²) in [5, 5.41) is 18.2. The van der Waals surface area contributed by atoms with Crippen LogP contribution in [0.1, 0.15) is 11.1 Å². The summed E-state index contributed by atoms with van der Waals surface area (Å²) in [6, 6.07) is 179. The maximum atomic E-state index is 16.2. The van der Waals surface area contributed by atoms with Crippen molar-refractivity contribution in [1.82, 2.24) is 24.9 Å². The first-order valence-electron chi connectivity index (χ1n) is 49.4. The summed E-state index contributed by atoms with van der Waals surface area (Å²) in [4.78, 5) is 23.9. The van der Waals surface area contributed by atoms with Gasteiger partial charge < -0.3 is 18.3 Å². The molecule has 13 heteroatoms. The van der Waals surface area contributed by atoms with Gasteiger partial charge in [-0.3, -0.25) is 24.9 Å². The van der Waals surface area contributed by atoms with Crippen LogP contribution in [0.15, 0.2) is 565 Å². The van der Waals surface area contributed by atoms with Crippen molar-refractivity contribution in [2.24, 2.45) is 0 Å². The minimum Gasteiger partial charge on any atom is -0.309 e. The third kappa shape index (κ3) is 18.7. The van der Waals surface area contributed by atoms with Crippen molar-refractivity contribution < 1.29 is 18.3 Å². The summed E-state index contributed by atoms with van der Waals surface area (Å²) in [5.41, 5.74) is 21.0. The zero-order valence-electron chi connectivity index (χ0n) is 81.4. The van der Waals surface area contributed by atoms with Crippen LogP contribution in [-0.2, 0) is 18.3 Å². The second-order valence-corrected chi connectivity index (χ2v) is 47.5. The number of rotatable bonds is 19. The Morgan fingerprint density at radius 1 is 0.176 bits per heavy atom. The number of pyridine rings is 5. The van der Waals surface area contributed by atoms with Gasteiger partial charge in [-0.05, 0) is 149 Å². The highest BCUT2D eigenvalue weighted by Crippen LogP contribution is 2.52. The molecule has 0 unspecified atom stereocenters. The van der Waals surface area contributed by atoms with Gasteiger partial charge in [0.2, 0.25) is 0 Å². The van der Waals surface area contributed by atoms with E-state index < -0.39 is 28.6 Å². The van der Waals surface area contributed by atoms with Crippen LogP contribution >= 0.6 is 28.6 Å². The lowest BCUT2D eigenvalue weighted by molar-refractivity contribution is 0.591. The summed E-state index contributed by atoms with van der Waals surface area (Å²) >= 11 is 0. The molecule has 25 rings (SSSR count). The molecule has 0 amide bonds. The Kier molecular flexibility index (Phi) is 27.4. The Balaban J connectivity index is 0.000000114. The normalized spacial score (nSPS) is 11.6. The molecule has 0 saturated heterocycles. The number of hydrogen-bond donors (Lipinski definition) is 0. The Morgan fingerprint density at radius 3 is 1.03 bits per heavy atom. The second-order valence-electron chi connectivity index (χ2n) is 36.7. The summed E-state index contributed by atoms with van der Waals surface area (Å²) in [7, 11) is -12.8. The first-order valence-corrected chi connectivity index (χ1v) is 56.3. The molecule has 0 spiro atoms. The molecule has 25 aromatic rings. The molecule has 0 aliphatic heterocycles. The SMILES string of the molecule is Cc1ccc2c(-c3ccc(P(=O)(c4ccccc4)c4ccccc4)cc3)c3cc(C)ccc3c(-c3ccccc3)c2c1.O=P(c1ccc(-c2cc3cccnc3c3ncccc23)cn1)(c1ccccc1-c1ccccc1)c1ccccc1-c1ccccc1.O=P(c1ccccc1)(c1ccccc1)c1cc2ccc(-c3ccccc3)cc2cn1.O=P(c1ccccc1)(c1ccccc1)c1ncc(-c2ccccc2)c2ccccc12. The van der Waals surface area contributed by atoms with Crippen molar-refractivity contribution in [2.75, 3.05) is 0 Å². The van der Waals surface area contributed by atoms with E-state index in [0.29, 0.717) is 16.3 Å². The summed E-state index contributed by atoms with van der Waals surface area (Å²) in [6.45, 7) is 4.32. The van der Waals surface area contributed by atoms with Gasteiger partial charge in [-0.1, -0.05) is 509 Å². The zero-order valence-corrected chi connectivity index (χ0v) is 84.9. The highest BCUT2D eigenvalue weighted by Gasteiger charge is 2.39. The second kappa shape index (κ2) is 42.5. The lowest BCUT2D eigenvalue weighted by Crippen LogP contribution is -2.29. The fourth-order valence-corrected chi connectivity index (χ4v) is 31.2. The summed E-state index contributed by atoms with van der Waals surface area (Å²) in [5.74, 6) is 0. The van der Waals surface area contributed by atoms with E-state index in [1.807, 2.05) is 358 Å². The number of benzene rings is 20. The largest absolute Gasteiger partial charge is 0.309 e. The van der Waals surface area contributed by atoms with E-state index in [1.54, 1.807) is 12.4 Å². The molecule has 0 fully saturated rings. The van der Waals surface area contributed by atoms with Gasteiger partial charge in [0, 0.05) is 111 Å². The van der Waals surface area contributed by atoms with Gasteiger partial charge >= 0.3 is 0 Å². The predicted octanol–water partition coefficient (Wildman–Crippen LogP) is 29.5. The maximum Gasteiger partial charge on any atom is 0.189 e. The molecule has 0 N–H and O–H groups in total. The Hall–Kier alpha value is -17.4. The van der Waals surface area contributed by atoms with Gasteiger partial charge in [0.15, 0.2) is 28.6 Å². The van der Waals surface area contributed by atoms with Crippen molar-refractivity contribution in [3.63, 3.8) is 0 Å². The van der Waals surface area contributed by atoms with Gasteiger partial charge in [-0.15, -0.1) is 0 Å². The molecule has 0 atom stereocenters. The van der Waals surface area contributed by atoms with Gasteiger partial charge in [-0.25, -0.2) is 0 Å². The van der Waals surface area contributed by atoms with Crippen molar-refractivity contribution >= 4 is 158 Å². The number of fused-ring (bicyclic) bond motifs is 7. The molecular weight excluding hydrogens is 1880 g/mol. The topological polar surface area (TPSA) is 133 Å². The molecule has 0 bridgehead atoms. The molecule has 5 aromatic heterocycles. The van der Waals surface area contributed by atoms with Crippen molar-refractivity contribution in [3.8, 4) is 77.9 Å². The summed E-state index contributed by atoms with van der Waals surface area (Å²) < 4.78 is 60.4. The molecule has 5 heterocycles. The molecule has 0 saturated carbocycles. The molecule has 0 radical (unpaired) electrons. The van der Waals surface area contributed by atoms with E-state index in [0.717, 1.165) is 147 Å². The van der Waals surface area contributed by atoms with E-state index in [2.05, 4.69) is 218 Å². The van der Waals surface area contributed by atoms with Crippen LogP contribution in [0, 0.1) is 13.8 Å². The molecule has 708 valence electrons. The Morgan fingerprint density at radius 2 is 0.547 bits per heavy atom. The highest BCUT2D eigenvalue weighted by atomic mass is 31.2. The lowest BCUT2D eigenvalue weighted by atomic mass is 9.85. The maximum absolute atomic E-state index is 16.2. The number of hydrogen-bond acceptors (Lipinski definition) is 9. The molecule has 9 nitrogen and oxygen atoms in total. The molecule has 20 aromatic carbocycles. The molecular formula is C135H99N5O4P4. The standard InChI is InChI=1S/C41H28N3OP.C40H31OP.2C27H20NOP/c45-46(37-21-9-7-18-33(37)29-13-3-1-4-14-29,38-22-10-8-19-34(38)30-15-5-2-6-16-30)39-24-23-32(28-44-39)36-27-31-17-11-25-42-40(31)41-35(36)20-12-26-43-41;1-28-19-25-36-37(26-28)39(30-12-6-3-7-13-30)35-24-18-29(2)27-38(35)40(36)31-20-22-34(23-21-31)42(41,32-14-8-4-9-15-32)33-16-10-5-11-17-33;29-30(22-14-6-2-7-15-22,23-16-8-3-9-17-23)27-25-19-11-10-18-24(25)26(20-28-27)21-12-4-1-5-13-21;29-30(25-12-6-2-7-13-25,26-14-8-3-9-15-26)27-19-23-17-16-22(18-24(23)20-28-27)21-10-4-1-5-11-21/h1-28H;3-27H,1-2H3;2*1-20H. The van der Waals surface area contributed by atoms with Gasteiger partial charge in [0.25, 0.3) is 0 Å². The number of aromatic nitrogens is 5. The van der Waals surface area contributed by atoms with E-state index in [1.165, 1.54) is 54.9 Å². The number of nitrogens with zero attached hydrogens (tertiary/aromatic N) is 5. The summed E-state index contributed by atoms with van der Waals surface area (Å²) in [6.07, 6.45) is 9.15. The van der Waals surface area contributed by atoms with E-state index >= 15 is 4.57 Å². The van der Waals surface area contributed by atoms with Crippen LogP contribution in [0.5, 0.6) is 0 Å². The average molecular weight is 1980 g/mol. The van der Waals surface area contributed by atoms with Crippen LogP contribution in [0.4, 0.5) is 0 Å². The molecule has 0 aliphatic carbocycles. The molecule has 148 heavy (non-hydrogen) atoms. The zero-order chi connectivity index (χ0) is 100. The van der Waals surface area contributed by atoms with Gasteiger partial charge in [-0.2, -0.15) is 0 Å². The van der Waals surface area contributed by atoms with Gasteiger partial charge in [0.1, 0.15) is 16.3 Å². The smallest absolute Gasteiger partial charge is 0.189 e. The minimum absolute atomic E-state index is 0.535. The Labute approximate surface area is 862 Å². The number of aryl methyl sites for hydroxylation is 2. The van der Waals surface area contributed by atoms with Crippen molar-refractivity contribution in [2.45, 2.75) is 13.8 Å². The van der Waals surface area contributed by atoms with Crippen LogP contribution in [-0.4, -0.2) is 24.9 Å². The van der Waals surface area contributed by atoms with Crippen LogP contribution in [0.2, 0.25) is 0 Å².